The molecule has 28 heavy (non-hydrogen) atoms. The quantitative estimate of drug-likeness (QED) is 0.647. The van der Waals surface area contributed by atoms with Gasteiger partial charge in [0.1, 0.15) is 0 Å². The van der Waals surface area contributed by atoms with Gasteiger partial charge >= 0.3 is 6.18 Å². The van der Waals surface area contributed by atoms with E-state index in [1.54, 1.807) is 23.7 Å². The lowest BCUT2D eigenvalue weighted by atomic mass is 9.85. The molecule has 1 unspecified atom stereocenters. The molecule has 0 radical (unpaired) electrons. The number of carbonyl (C=O) groups is 1. The van der Waals surface area contributed by atoms with Gasteiger partial charge < -0.3 is 5.32 Å². The van der Waals surface area contributed by atoms with Crippen molar-refractivity contribution in [1.82, 2.24) is 9.97 Å². The van der Waals surface area contributed by atoms with Crippen LogP contribution in [0.4, 0.5) is 18.3 Å². The van der Waals surface area contributed by atoms with Crippen molar-refractivity contribution >= 4 is 22.4 Å². The van der Waals surface area contributed by atoms with Crippen LogP contribution < -0.4 is 5.32 Å². The number of amides is 1. The van der Waals surface area contributed by atoms with Crippen LogP contribution in [0.3, 0.4) is 0 Å². The monoisotopic (exact) mass is 403 g/mol. The Morgan fingerprint density at radius 1 is 1.21 bits per heavy atom. The first-order chi connectivity index (χ1) is 13.4. The maximum absolute atomic E-state index is 13.0. The first-order valence-electron chi connectivity index (χ1n) is 8.79. The Bertz CT molecular complexity index is 1000. The van der Waals surface area contributed by atoms with E-state index in [-0.39, 0.29) is 5.91 Å². The summed E-state index contributed by atoms with van der Waals surface area (Å²) in [6.45, 7) is 0. The number of aromatic nitrogens is 2. The summed E-state index contributed by atoms with van der Waals surface area (Å²) in [6, 6.07) is 8.66. The molecule has 8 heteroatoms. The van der Waals surface area contributed by atoms with Crippen LogP contribution in [0.2, 0.25) is 0 Å². The van der Waals surface area contributed by atoms with Crippen molar-refractivity contribution in [3.05, 3.63) is 64.8 Å². The molecule has 0 spiro atoms. The number of rotatable bonds is 3. The molecule has 0 saturated heterocycles. The van der Waals surface area contributed by atoms with Crippen LogP contribution >= 0.6 is 11.3 Å². The minimum atomic E-state index is -4.42. The lowest BCUT2D eigenvalue weighted by molar-refractivity contribution is -0.137. The number of halogens is 3. The van der Waals surface area contributed by atoms with Gasteiger partial charge in [0.15, 0.2) is 5.13 Å². The number of anilines is 1. The van der Waals surface area contributed by atoms with Gasteiger partial charge in [0.25, 0.3) is 0 Å². The first-order valence-corrected chi connectivity index (χ1v) is 9.67. The number of hydrogen-bond acceptors (Lipinski definition) is 4. The molecule has 2 aromatic heterocycles. The van der Waals surface area contributed by atoms with Crippen LogP contribution in [-0.2, 0) is 17.4 Å². The van der Waals surface area contributed by atoms with Gasteiger partial charge in [-0.1, -0.05) is 18.2 Å². The second-order valence-electron chi connectivity index (χ2n) is 6.59. The molecule has 0 bridgehead atoms. The third-order valence-electron chi connectivity index (χ3n) is 4.75. The van der Waals surface area contributed by atoms with E-state index in [0.29, 0.717) is 28.5 Å². The van der Waals surface area contributed by atoms with Gasteiger partial charge in [-0.05, 0) is 43.0 Å². The Labute approximate surface area is 163 Å². The smallest absolute Gasteiger partial charge is 0.301 e. The van der Waals surface area contributed by atoms with Crippen molar-refractivity contribution in [3.8, 4) is 11.3 Å². The van der Waals surface area contributed by atoms with Gasteiger partial charge in [-0.15, -0.1) is 11.3 Å². The van der Waals surface area contributed by atoms with Crippen molar-refractivity contribution < 1.29 is 18.0 Å². The van der Waals surface area contributed by atoms with Crippen LogP contribution in [0.25, 0.3) is 11.3 Å². The lowest BCUT2D eigenvalue weighted by Crippen LogP contribution is -2.25. The summed E-state index contributed by atoms with van der Waals surface area (Å²) in [5.41, 5.74) is 1.68. The van der Waals surface area contributed by atoms with E-state index < -0.39 is 17.7 Å². The molecule has 1 amide bonds. The molecular weight excluding hydrogens is 387 g/mol. The Kier molecular flexibility index (Phi) is 4.89. The van der Waals surface area contributed by atoms with Gasteiger partial charge in [0.2, 0.25) is 5.91 Å². The third kappa shape index (κ3) is 3.77. The summed E-state index contributed by atoms with van der Waals surface area (Å²) in [4.78, 5) is 21.4. The zero-order valence-electron chi connectivity index (χ0n) is 14.7. The predicted molar refractivity (Wildman–Crippen MR) is 101 cm³/mol. The molecule has 1 N–H and O–H groups in total. The molecule has 0 aliphatic heterocycles. The van der Waals surface area contributed by atoms with Crippen molar-refractivity contribution in [2.75, 3.05) is 5.32 Å². The molecule has 4 rings (SSSR count). The normalized spacial score (nSPS) is 16.5. The zero-order valence-corrected chi connectivity index (χ0v) is 15.5. The zero-order chi connectivity index (χ0) is 19.7. The predicted octanol–water partition coefficient (Wildman–Crippen LogP) is 5.28. The lowest BCUT2D eigenvalue weighted by Gasteiger charge is -2.24. The Morgan fingerprint density at radius 3 is 2.82 bits per heavy atom. The summed E-state index contributed by atoms with van der Waals surface area (Å²) in [5, 5.41) is 5.09. The highest BCUT2D eigenvalue weighted by Gasteiger charge is 2.31. The molecule has 1 aliphatic carbocycles. The standard InChI is InChI=1S/C20H16F3N3OS/c21-20(22,23)14-5-1-4-13(11-14)16-8-7-12-3-2-6-15(17(12)25-16)18(27)26-19-24-9-10-28-19/h1,4-5,7-11,15H,2-3,6H2,(H,24,26,27). The topological polar surface area (TPSA) is 54.9 Å². The molecule has 144 valence electrons. The molecule has 0 saturated carbocycles. The molecule has 4 nitrogen and oxygen atoms in total. The number of benzene rings is 1. The largest absolute Gasteiger partial charge is 0.416 e. The first kappa shape index (κ1) is 18.6. The molecular formula is C20H16F3N3OS. The third-order valence-corrected chi connectivity index (χ3v) is 5.43. The van der Waals surface area contributed by atoms with E-state index in [1.807, 2.05) is 6.07 Å². The fourth-order valence-corrected chi connectivity index (χ4v) is 3.93. The summed E-state index contributed by atoms with van der Waals surface area (Å²) in [7, 11) is 0. The molecule has 1 aliphatic rings. The van der Waals surface area contributed by atoms with E-state index in [1.165, 1.54) is 17.4 Å². The average molecular weight is 403 g/mol. The number of carbonyl (C=O) groups excluding carboxylic acids is 1. The van der Waals surface area contributed by atoms with Gasteiger partial charge in [-0.25, -0.2) is 4.98 Å². The Morgan fingerprint density at radius 2 is 2.07 bits per heavy atom. The van der Waals surface area contributed by atoms with Crippen LogP contribution in [-0.4, -0.2) is 15.9 Å². The number of hydrogen-bond donors (Lipinski definition) is 1. The minimum absolute atomic E-state index is 0.190. The minimum Gasteiger partial charge on any atom is -0.301 e. The number of fused-ring (bicyclic) bond motifs is 1. The molecule has 0 fully saturated rings. The second-order valence-corrected chi connectivity index (χ2v) is 7.49. The van der Waals surface area contributed by atoms with Gasteiger partial charge in [0.05, 0.1) is 22.9 Å². The van der Waals surface area contributed by atoms with Crippen molar-refractivity contribution in [1.29, 1.82) is 0 Å². The van der Waals surface area contributed by atoms with E-state index in [0.717, 1.165) is 30.5 Å². The van der Waals surface area contributed by atoms with Crippen LogP contribution in [0.5, 0.6) is 0 Å². The number of alkyl halides is 3. The van der Waals surface area contributed by atoms with Gasteiger partial charge in [-0.2, -0.15) is 13.2 Å². The van der Waals surface area contributed by atoms with Crippen molar-refractivity contribution in [2.24, 2.45) is 0 Å². The average Bonchev–Trinajstić information content (AvgIpc) is 3.19. The Balaban J connectivity index is 1.67. The van der Waals surface area contributed by atoms with Crippen molar-refractivity contribution in [2.45, 2.75) is 31.4 Å². The summed E-state index contributed by atoms with van der Waals surface area (Å²) in [6.07, 6.45) is -0.511. The fraction of sp³-hybridized carbons (Fsp3) is 0.250. The van der Waals surface area contributed by atoms with E-state index in [9.17, 15) is 18.0 Å². The number of nitrogens with zero attached hydrogens (tertiary/aromatic N) is 2. The maximum atomic E-state index is 13.0. The summed E-state index contributed by atoms with van der Waals surface area (Å²) < 4.78 is 39.1. The fourth-order valence-electron chi connectivity index (χ4n) is 3.40. The number of aryl methyl sites for hydroxylation is 1. The van der Waals surface area contributed by atoms with Gasteiger partial charge in [-0.3, -0.25) is 9.78 Å². The molecule has 1 atom stereocenters. The molecule has 2 heterocycles. The Hall–Kier alpha value is -2.74. The number of pyridine rings is 1. The van der Waals surface area contributed by atoms with Crippen LogP contribution in [0.1, 0.15) is 35.6 Å². The van der Waals surface area contributed by atoms with E-state index >= 15 is 0 Å². The number of thiazole rings is 1. The van der Waals surface area contributed by atoms with Crippen LogP contribution in [0, 0.1) is 0 Å². The van der Waals surface area contributed by atoms with Crippen molar-refractivity contribution in [3.63, 3.8) is 0 Å². The van der Waals surface area contributed by atoms with Gasteiger partial charge in [0, 0.05) is 17.1 Å². The summed E-state index contributed by atoms with van der Waals surface area (Å²) >= 11 is 1.33. The maximum Gasteiger partial charge on any atom is 0.416 e. The molecule has 1 aromatic carbocycles. The second kappa shape index (κ2) is 7.35. The summed E-state index contributed by atoms with van der Waals surface area (Å²) in [5.74, 6) is -0.636. The highest BCUT2D eigenvalue weighted by atomic mass is 32.1. The highest BCUT2D eigenvalue weighted by molar-refractivity contribution is 7.13. The highest BCUT2D eigenvalue weighted by Crippen LogP contribution is 2.35. The van der Waals surface area contributed by atoms with Crippen LogP contribution in [0.15, 0.2) is 48.0 Å². The number of nitrogens with one attached hydrogen (secondary N) is 1. The van der Waals surface area contributed by atoms with E-state index in [4.69, 9.17) is 0 Å². The SMILES string of the molecule is O=C(Nc1nccs1)C1CCCc2ccc(-c3cccc(C(F)(F)F)c3)nc21. The van der Waals surface area contributed by atoms with E-state index in [2.05, 4.69) is 15.3 Å². The molecule has 3 aromatic rings.